The SMILES string of the molecule is CCS(=O)(=O)[C@@H]1[C@H](c2cccc(F)c2)[C@]1(N)C(=O)O. The monoisotopic (exact) mass is 287 g/mol. The van der Waals surface area contributed by atoms with Gasteiger partial charge < -0.3 is 10.8 Å². The molecule has 3 atom stereocenters. The first kappa shape index (κ1) is 14.0. The quantitative estimate of drug-likeness (QED) is 0.841. The molecule has 7 heteroatoms. The highest BCUT2D eigenvalue weighted by Gasteiger charge is 2.73. The van der Waals surface area contributed by atoms with Crippen LogP contribution in [-0.2, 0) is 14.6 Å². The molecule has 0 bridgehead atoms. The van der Waals surface area contributed by atoms with Crippen molar-refractivity contribution in [3.8, 4) is 0 Å². The Kier molecular flexibility index (Phi) is 3.14. The second-order valence-electron chi connectivity index (χ2n) is 4.64. The van der Waals surface area contributed by atoms with Gasteiger partial charge in [-0.05, 0) is 17.7 Å². The molecular weight excluding hydrogens is 273 g/mol. The molecule has 1 aliphatic carbocycles. The van der Waals surface area contributed by atoms with E-state index in [0.29, 0.717) is 5.56 Å². The third-order valence-electron chi connectivity index (χ3n) is 3.55. The molecule has 0 radical (unpaired) electrons. The van der Waals surface area contributed by atoms with Crippen LogP contribution in [0.25, 0.3) is 0 Å². The van der Waals surface area contributed by atoms with Crippen LogP contribution in [0.15, 0.2) is 24.3 Å². The van der Waals surface area contributed by atoms with E-state index >= 15 is 0 Å². The molecule has 1 fully saturated rings. The van der Waals surface area contributed by atoms with Gasteiger partial charge in [-0.15, -0.1) is 0 Å². The van der Waals surface area contributed by atoms with Crippen molar-refractivity contribution in [1.82, 2.24) is 0 Å². The van der Waals surface area contributed by atoms with Gasteiger partial charge in [-0.3, -0.25) is 4.79 Å². The summed E-state index contributed by atoms with van der Waals surface area (Å²) < 4.78 is 37.0. The van der Waals surface area contributed by atoms with Gasteiger partial charge in [-0.2, -0.15) is 0 Å². The van der Waals surface area contributed by atoms with Crippen LogP contribution >= 0.6 is 0 Å². The summed E-state index contributed by atoms with van der Waals surface area (Å²) in [6.07, 6.45) is 0. The highest BCUT2D eigenvalue weighted by Crippen LogP contribution is 2.54. The van der Waals surface area contributed by atoms with Crippen molar-refractivity contribution in [2.24, 2.45) is 5.73 Å². The summed E-state index contributed by atoms with van der Waals surface area (Å²) in [5.41, 5.74) is 4.15. The van der Waals surface area contributed by atoms with Crippen molar-refractivity contribution >= 4 is 15.8 Å². The first-order valence-electron chi connectivity index (χ1n) is 5.74. The third kappa shape index (κ3) is 2.02. The number of hydrogen-bond acceptors (Lipinski definition) is 4. The Hall–Kier alpha value is -1.47. The first-order chi connectivity index (χ1) is 8.75. The summed E-state index contributed by atoms with van der Waals surface area (Å²) in [6.45, 7) is 1.43. The molecule has 1 aromatic rings. The van der Waals surface area contributed by atoms with Crippen molar-refractivity contribution in [3.63, 3.8) is 0 Å². The summed E-state index contributed by atoms with van der Waals surface area (Å²) in [5.74, 6) is -3.05. The highest BCUT2D eigenvalue weighted by molar-refractivity contribution is 7.92. The molecule has 2 rings (SSSR count). The van der Waals surface area contributed by atoms with E-state index in [1.807, 2.05) is 0 Å². The van der Waals surface area contributed by atoms with Crippen molar-refractivity contribution in [1.29, 1.82) is 0 Å². The van der Waals surface area contributed by atoms with Crippen molar-refractivity contribution < 1.29 is 22.7 Å². The van der Waals surface area contributed by atoms with Crippen LogP contribution < -0.4 is 5.73 Å². The second kappa shape index (κ2) is 4.28. The van der Waals surface area contributed by atoms with Gasteiger partial charge in [0.1, 0.15) is 11.4 Å². The lowest BCUT2D eigenvalue weighted by molar-refractivity contribution is -0.139. The minimum absolute atomic E-state index is 0.199. The largest absolute Gasteiger partial charge is 0.480 e. The number of aliphatic carboxylic acids is 1. The van der Waals surface area contributed by atoms with E-state index in [-0.39, 0.29) is 5.75 Å². The van der Waals surface area contributed by atoms with Crippen LogP contribution in [0.5, 0.6) is 0 Å². The van der Waals surface area contributed by atoms with Crippen LogP contribution in [-0.4, -0.2) is 36.0 Å². The fraction of sp³-hybridized carbons (Fsp3) is 0.417. The Labute approximate surface area is 110 Å². The number of hydrogen-bond donors (Lipinski definition) is 2. The normalized spacial score (nSPS) is 30.1. The van der Waals surface area contributed by atoms with Gasteiger partial charge in [0.2, 0.25) is 0 Å². The van der Waals surface area contributed by atoms with Gasteiger partial charge in [0, 0.05) is 11.7 Å². The maximum Gasteiger partial charge on any atom is 0.325 e. The van der Waals surface area contributed by atoms with Crippen molar-refractivity contribution in [2.75, 3.05) is 5.75 Å². The Bertz CT molecular complexity index is 630. The molecule has 104 valence electrons. The maximum atomic E-state index is 13.2. The summed E-state index contributed by atoms with van der Waals surface area (Å²) >= 11 is 0. The zero-order valence-corrected chi connectivity index (χ0v) is 11.0. The molecule has 0 aromatic heterocycles. The molecule has 0 saturated heterocycles. The fourth-order valence-electron chi connectivity index (χ4n) is 2.46. The van der Waals surface area contributed by atoms with Gasteiger partial charge in [0.25, 0.3) is 0 Å². The fourth-order valence-corrected chi connectivity index (χ4v) is 4.38. The maximum absolute atomic E-state index is 13.2. The van der Waals surface area contributed by atoms with Gasteiger partial charge in [0.15, 0.2) is 9.84 Å². The molecule has 0 unspecified atom stereocenters. The van der Waals surface area contributed by atoms with Crippen LogP contribution in [0.3, 0.4) is 0 Å². The predicted molar refractivity (Wildman–Crippen MR) is 66.9 cm³/mol. The summed E-state index contributed by atoms with van der Waals surface area (Å²) in [7, 11) is -3.62. The number of nitrogens with two attached hydrogens (primary N) is 1. The van der Waals surface area contributed by atoms with Crippen LogP contribution in [0.2, 0.25) is 0 Å². The van der Waals surface area contributed by atoms with Crippen LogP contribution in [0.1, 0.15) is 18.4 Å². The van der Waals surface area contributed by atoms with Gasteiger partial charge in [0.05, 0.1) is 5.25 Å². The third-order valence-corrected chi connectivity index (χ3v) is 5.79. The molecule has 0 aliphatic heterocycles. The van der Waals surface area contributed by atoms with E-state index in [0.717, 1.165) is 6.07 Å². The van der Waals surface area contributed by atoms with Gasteiger partial charge in [-0.1, -0.05) is 19.1 Å². The number of sulfone groups is 1. The summed E-state index contributed by atoms with van der Waals surface area (Å²) in [4.78, 5) is 11.2. The number of carboxylic acids is 1. The standard InChI is InChI=1S/C12H14FNO4S/c1-2-19(17,18)10-9(12(10,14)11(15)16)7-4-3-5-8(13)6-7/h3-6,9-10H,2,14H2,1H3,(H,15,16)/t9-,10+,12+/m0/s1. The van der Waals surface area contributed by atoms with Gasteiger partial charge >= 0.3 is 5.97 Å². The number of carbonyl (C=O) groups is 1. The van der Waals surface area contributed by atoms with Crippen LogP contribution in [0, 0.1) is 5.82 Å². The number of rotatable bonds is 4. The van der Waals surface area contributed by atoms with E-state index in [4.69, 9.17) is 10.8 Å². The van der Waals surface area contributed by atoms with Crippen molar-refractivity contribution in [3.05, 3.63) is 35.6 Å². The number of carboxylic acid groups (broad SMARTS) is 1. The molecule has 5 nitrogen and oxygen atoms in total. The average molecular weight is 287 g/mol. The highest BCUT2D eigenvalue weighted by atomic mass is 32.2. The molecule has 3 N–H and O–H groups in total. The lowest BCUT2D eigenvalue weighted by Gasteiger charge is -2.05. The predicted octanol–water partition coefficient (Wildman–Crippen LogP) is 0.508. The molecule has 1 aromatic carbocycles. The van der Waals surface area contributed by atoms with E-state index < -0.39 is 38.3 Å². The first-order valence-corrected chi connectivity index (χ1v) is 7.46. The Balaban J connectivity index is 2.49. The number of halogens is 1. The average Bonchev–Trinajstić information content (AvgIpc) is 2.98. The number of benzene rings is 1. The summed E-state index contributed by atoms with van der Waals surface area (Å²) in [6, 6.07) is 5.22. The molecule has 1 aliphatic rings. The van der Waals surface area contributed by atoms with E-state index in [2.05, 4.69) is 0 Å². The molecule has 19 heavy (non-hydrogen) atoms. The lowest BCUT2D eigenvalue weighted by atomic mass is 10.1. The zero-order chi connectivity index (χ0) is 14.4. The minimum Gasteiger partial charge on any atom is -0.480 e. The van der Waals surface area contributed by atoms with E-state index in [1.54, 1.807) is 0 Å². The Morgan fingerprint density at radius 3 is 2.63 bits per heavy atom. The molecule has 0 amide bonds. The molecule has 1 saturated carbocycles. The van der Waals surface area contributed by atoms with Gasteiger partial charge in [-0.25, -0.2) is 12.8 Å². The van der Waals surface area contributed by atoms with E-state index in [9.17, 15) is 17.6 Å². The Morgan fingerprint density at radius 1 is 1.53 bits per heavy atom. The lowest BCUT2D eigenvalue weighted by Crippen LogP contribution is -2.40. The minimum atomic E-state index is -3.62. The zero-order valence-electron chi connectivity index (χ0n) is 10.2. The van der Waals surface area contributed by atoms with Crippen molar-refractivity contribution in [2.45, 2.75) is 23.6 Å². The molecular formula is C12H14FNO4S. The molecule has 0 heterocycles. The summed E-state index contributed by atoms with van der Waals surface area (Å²) in [5, 5.41) is 7.96. The van der Waals surface area contributed by atoms with Crippen LogP contribution in [0.4, 0.5) is 4.39 Å². The molecule has 0 spiro atoms. The Morgan fingerprint density at radius 2 is 2.16 bits per heavy atom. The second-order valence-corrected chi connectivity index (χ2v) is 7.05. The smallest absolute Gasteiger partial charge is 0.325 e. The topological polar surface area (TPSA) is 97.5 Å². The van der Waals surface area contributed by atoms with E-state index in [1.165, 1.54) is 25.1 Å².